The number of hydrogen-bond acceptors (Lipinski definition) is 7. The van der Waals surface area contributed by atoms with Gasteiger partial charge in [-0.25, -0.2) is 19.2 Å². The fourth-order valence-corrected chi connectivity index (χ4v) is 1.23. The molecule has 0 bridgehead atoms. The normalized spacial score (nSPS) is 9.44. The summed E-state index contributed by atoms with van der Waals surface area (Å²) in [6.45, 7) is -1.81. The number of esters is 1. The molecule has 0 radical (unpaired) electrons. The molecule has 0 aromatic heterocycles. The second-order valence-electron chi connectivity index (χ2n) is 4.31. The second-order valence-corrected chi connectivity index (χ2v) is 4.31. The summed E-state index contributed by atoms with van der Waals surface area (Å²) in [5.41, 5.74) is 0.870. The summed E-state index contributed by atoms with van der Waals surface area (Å²) in [5.74, 6) is -4.03. The molecule has 0 fully saturated rings. The zero-order valence-electron chi connectivity index (χ0n) is 13.1. The van der Waals surface area contributed by atoms with Crippen LogP contribution >= 0.6 is 0 Å². The van der Waals surface area contributed by atoms with Crippen LogP contribution in [0.15, 0.2) is 30.3 Å². The van der Waals surface area contributed by atoms with Gasteiger partial charge in [-0.2, -0.15) is 0 Å². The first-order chi connectivity index (χ1) is 11.8. The second kappa shape index (κ2) is 13.5. The third kappa shape index (κ3) is 15.7. The summed E-state index contributed by atoms with van der Waals surface area (Å²) >= 11 is 0. The number of carboxylic acids is 3. The number of hydrogen-bond donors (Lipinski definition) is 3. The number of carboxylic acid groups (broad SMARTS) is 3. The topological polar surface area (TPSA) is 157 Å². The smallest absolute Gasteiger partial charge is 0.332 e. The minimum absolute atomic E-state index is 0.163. The molecule has 0 saturated heterocycles. The molecule has 0 aliphatic rings. The van der Waals surface area contributed by atoms with Crippen LogP contribution in [0.2, 0.25) is 0 Å². The van der Waals surface area contributed by atoms with Crippen molar-refractivity contribution in [3.63, 3.8) is 0 Å². The van der Waals surface area contributed by atoms with E-state index in [0.29, 0.717) is 0 Å². The van der Waals surface area contributed by atoms with E-state index in [0.717, 1.165) is 5.56 Å². The molecule has 1 rings (SSSR count). The van der Waals surface area contributed by atoms with Crippen molar-refractivity contribution in [2.24, 2.45) is 0 Å². The van der Waals surface area contributed by atoms with E-state index in [1.54, 1.807) is 0 Å². The van der Waals surface area contributed by atoms with Gasteiger partial charge >= 0.3 is 23.9 Å². The van der Waals surface area contributed by atoms with Gasteiger partial charge < -0.3 is 29.5 Å². The van der Waals surface area contributed by atoms with Crippen molar-refractivity contribution in [2.75, 3.05) is 26.4 Å². The van der Waals surface area contributed by atoms with Crippen LogP contribution in [0.3, 0.4) is 0 Å². The average Bonchev–Trinajstić information content (AvgIpc) is 2.53. The van der Waals surface area contributed by atoms with Crippen molar-refractivity contribution in [2.45, 2.75) is 6.61 Å². The number of rotatable bonds is 10. The molecule has 1 aromatic rings. The Balaban J connectivity index is 0.000000547. The van der Waals surface area contributed by atoms with E-state index < -0.39 is 43.7 Å². The number of carbonyl (C=O) groups is 4. The average molecular weight is 358 g/mol. The van der Waals surface area contributed by atoms with Crippen molar-refractivity contribution < 1.29 is 48.7 Å². The Bertz CT molecular complexity index is 541. The molecule has 0 unspecified atom stereocenters. The molecule has 10 nitrogen and oxygen atoms in total. The molecule has 1 aromatic carbocycles. The van der Waals surface area contributed by atoms with Crippen LogP contribution in [0, 0.1) is 0 Å². The van der Waals surface area contributed by atoms with Gasteiger partial charge in [0.25, 0.3) is 0 Å². The van der Waals surface area contributed by atoms with Gasteiger partial charge in [-0.05, 0) is 5.56 Å². The Morgan fingerprint density at radius 3 is 1.60 bits per heavy atom. The highest BCUT2D eigenvalue weighted by molar-refractivity contribution is 5.72. The lowest BCUT2D eigenvalue weighted by Crippen LogP contribution is -2.16. The van der Waals surface area contributed by atoms with Crippen LogP contribution in [0.1, 0.15) is 5.56 Å². The molecule has 0 amide bonds. The number of aliphatic carboxylic acids is 3. The van der Waals surface area contributed by atoms with E-state index in [9.17, 15) is 19.2 Å². The van der Waals surface area contributed by atoms with Crippen LogP contribution in [-0.4, -0.2) is 65.6 Å². The first kappa shape index (κ1) is 22.0. The minimum Gasteiger partial charge on any atom is -0.480 e. The Labute approximate surface area is 142 Å². The van der Waals surface area contributed by atoms with Gasteiger partial charge in [0.05, 0.1) is 0 Å². The first-order valence-electron chi connectivity index (χ1n) is 6.81. The third-order valence-electron chi connectivity index (χ3n) is 2.14. The predicted molar refractivity (Wildman–Crippen MR) is 80.8 cm³/mol. The van der Waals surface area contributed by atoms with E-state index >= 15 is 0 Å². The Hall–Kier alpha value is -2.98. The summed E-state index contributed by atoms with van der Waals surface area (Å²) in [6, 6.07) is 9.19. The Morgan fingerprint density at radius 1 is 0.720 bits per heavy atom. The highest BCUT2D eigenvalue weighted by Crippen LogP contribution is 2.00. The lowest BCUT2D eigenvalue weighted by atomic mass is 10.2. The standard InChI is InChI=1S/C11H12O5.C4H6O5/c12-10(13)7-15-8-11(14)16-6-9-4-2-1-3-5-9;5-3(6)1-9-2-4(7)8/h1-5H,6-8H2,(H,12,13);1-2H2,(H,5,6)(H,7,8). The molecule has 10 heteroatoms. The van der Waals surface area contributed by atoms with E-state index in [2.05, 4.69) is 9.47 Å². The van der Waals surface area contributed by atoms with E-state index in [-0.39, 0.29) is 13.2 Å². The maximum atomic E-state index is 11.1. The zero-order chi connectivity index (χ0) is 19.1. The summed E-state index contributed by atoms with van der Waals surface area (Å²) in [6.07, 6.45) is 0. The summed E-state index contributed by atoms with van der Waals surface area (Å²) < 4.78 is 13.6. The van der Waals surface area contributed by atoms with Crippen molar-refractivity contribution in [3.8, 4) is 0 Å². The Morgan fingerprint density at radius 2 is 1.16 bits per heavy atom. The lowest BCUT2D eigenvalue weighted by Gasteiger charge is -2.04. The molecule has 0 atom stereocenters. The minimum atomic E-state index is -1.17. The highest BCUT2D eigenvalue weighted by atomic mass is 16.6. The molecule has 25 heavy (non-hydrogen) atoms. The van der Waals surface area contributed by atoms with Crippen molar-refractivity contribution in [3.05, 3.63) is 35.9 Å². The van der Waals surface area contributed by atoms with Crippen LogP contribution < -0.4 is 0 Å². The summed E-state index contributed by atoms with van der Waals surface area (Å²) in [4.78, 5) is 40.5. The first-order valence-corrected chi connectivity index (χ1v) is 6.81. The lowest BCUT2D eigenvalue weighted by molar-refractivity contribution is -0.154. The number of benzene rings is 1. The molecule has 0 aliphatic carbocycles. The third-order valence-corrected chi connectivity index (χ3v) is 2.14. The number of ether oxygens (including phenoxy) is 3. The fraction of sp³-hybridized carbons (Fsp3) is 0.333. The van der Waals surface area contributed by atoms with Gasteiger partial charge in [0.15, 0.2) is 0 Å². The monoisotopic (exact) mass is 358 g/mol. The van der Waals surface area contributed by atoms with Crippen molar-refractivity contribution in [1.29, 1.82) is 0 Å². The Kier molecular flexibility index (Phi) is 11.9. The van der Waals surface area contributed by atoms with Crippen molar-refractivity contribution in [1.82, 2.24) is 0 Å². The predicted octanol–water partition coefficient (Wildman–Crippen LogP) is 0.00320. The van der Waals surface area contributed by atoms with Crippen LogP contribution in [0.25, 0.3) is 0 Å². The summed E-state index contributed by atoms with van der Waals surface area (Å²) in [5, 5.41) is 24.1. The van der Waals surface area contributed by atoms with E-state index in [1.165, 1.54) is 0 Å². The van der Waals surface area contributed by atoms with Crippen molar-refractivity contribution >= 4 is 23.9 Å². The van der Waals surface area contributed by atoms with Gasteiger partial charge in [0.1, 0.15) is 33.0 Å². The highest BCUT2D eigenvalue weighted by Gasteiger charge is 2.05. The molecule has 0 heterocycles. The van der Waals surface area contributed by atoms with Crippen LogP contribution in [0.4, 0.5) is 0 Å². The number of carbonyl (C=O) groups excluding carboxylic acids is 1. The maximum Gasteiger partial charge on any atom is 0.332 e. The summed E-state index contributed by atoms with van der Waals surface area (Å²) in [7, 11) is 0. The van der Waals surface area contributed by atoms with Crippen LogP contribution in [0.5, 0.6) is 0 Å². The molecule has 3 N–H and O–H groups in total. The SMILES string of the molecule is O=C(O)COCC(=O)O.O=C(O)COCC(=O)OCc1ccccc1. The molecule has 138 valence electrons. The molecule has 0 spiro atoms. The fourth-order valence-electron chi connectivity index (χ4n) is 1.23. The van der Waals surface area contributed by atoms with Crippen LogP contribution in [-0.2, 0) is 40.0 Å². The quantitative estimate of drug-likeness (QED) is 0.486. The van der Waals surface area contributed by atoms with Gasteiger partial charge in [0.2, 0.25) is 0 Å². The van der Waals surface area contributed by atoms with E-state index in [1.807, 2.05) is 30.3 Å². The molecule has 0 saturated carbocycles. The largest absolute Gasteiger partial charge is 0.480 e. The molecular formula is C15H18O10. The van der Waals surface area contributed by atoms with Gasteiger partial charge in [-0.1, -0.05) is 30.3 Å². The van der Waals surface area contributed by atoms with E-state index in [4.69, 9.17) is 20.1 Å². The molecular weight excluding hydrogens is 340 g/mol. The maximum absolute atomic E-state index is 11.1. The molecule has 0 aliphatic heterocycles. The van der Waals surface area contributed by atoms with Gasteiger partial charge in [-0.3, -0.25) is 0 Å². The van der Waals surface area contributed by atoms with Gasteiger partial charge in [0, 0.05) is 0 Å². The zero-order valence-corrected chi connectivity index (χ0v) is 13.1. The van der Waals surface area contributed by atoms with Gasteiger partial charge in [-0.15, -0.1) is 0 Å².